The van der Waals surface area contributed by atoms with Gasteiger partial charge in [0.1, 0.15) is 11.1 Å². The molecule has 12 heavy (non-hydrogen) atoms. The summed E-state index contributed by atoms with van der Waals surface area (Å²) in [6.45, 7) is 3.27. The Labute approximate surface area is 74.6 Å². The van der Waals surface area contributed by atoms with Gasteiger partial charge in [-0.3, -0.25) is 4.79 Å². The normalized spacial score (nSPS) is 9.08. The minimum atomic E-state index is -0.145. The molecule has 1 aromatic rings. The van der Waals surface area contributed by atoms with Crippen molar-refractivity contribution >= 4 is 22.2 Å². The van der Waals surface area contributed by atoms with Crippen LogP contribution in [0.2, 0.25) is 0 Å². The Hall–Kier alpha value is -1.34. The predicted molar refractivity (Wildman–Crippen MR) is 48.1 cm³/mol. The highest BCUT2D eigenvalue weighted by atomic mass is 32.1. The highest BCUT2D eigenvalue weighted by Crippen LogP contribution is 2.26. The zero-order valence-corrected chi connectivity index (χ0v) is 7.66. The van der Waals surface area contributed by atoms with Crippen molar-refractivity contribution in [2.45, 2.75) is 13.8 Å². The molecule has 0 atom stereocenters. The van der Waals surface area contributed by atoms with Gasteiger partial charge in [0.2, 0.25) is 5.91 Å². The Balaban J connectivity index is 3.01. The van der Waals surface area contributed by atoms with E-state index in [9.17, 15) is 4.79 Å². The number of aryl methyl sites for hydroxylation is 1. The molecule has 0 saturated carbocycles. The third-order valence-corrected chi connectivity index (χ3v) is 2.39. The number of hydrogen-bond donors (Lipinski definition) is 1. The minimum Gasteiger partial charge on any atom is -0.317 e. The van der Waals surface area contributed by atoms with Crippen LogP contribution in [-0.2, 0) is 4.79 Å². The van der Waals surface area contributed by atoms with Crippen molar-refractivity contribution < 1.29 is 4.79 Å². The number of carbonyl (C=O) groups is 1. The summed E-state index contributed by atoms with van der Waals surface area (Å²) in [6, 6.07) is 2.04. The summed E-state index contributed by atoms with van der Waals surface area (Å²) in [5.41, 5.74) is 1.47. The van der Waals surface area contributed by atoms with E-state index in [2.05, 4.69) is 5.32 Å². The lowest BCUT2D eigenvalue weighted by molar-refractivity contribution is -0.114. The molecule has 0 bridgehead atoms. The summed E-state index contributed by atoms with van der Waals surface area (Å²) in [5.74, 6) is -0.145. The molecule has 0 fully saturated rings. The predicted octanol–water partition coefficient (Wildman–Crippen LogP) is 1.89. The molecule has 0 aliphatic carbocycles. The molecule has 0 aliphatic heterocycles. The molecule has 0 spiro atoms. The van der Waals surface area contributed by atoms with Gasteiger partial charge >= 0.3 is 0 Å². The summed E-state index contributed by atoms with van der Waals surface area (Å²) in [6.07, 6.45) is 0. The molecular weight excluding hydrogens is 172 g/mol. The molecule has 0 saturated heterocycles. The van der Waals surface area contributed by atoms with Crippen molar-refractivity contribution in [1.29, 1.82) is 5.26 Å². The first kappa shape index (κ1) is 8.75. The number of nitriles is 1. The molecule has 1 amide bonds. The zero-order valence-electron chi connectivity index (χ0n) is 6.84. The SMILES string of the molecule is CC(=O)Nc1scc(C)c1C#N. The monoisotopic (exact) mass is 180 g/mol. The molecule has 0 unspecified atom stereocenters. The highest BCUT2D eigenvalue weighted by molar-refractivity contribution is 7.14. The van der Waals surface area contributed by atoms with Crippen molar-refractivity contribution in [3.05, 3.63) is 16.5 Å². The minimum absolute atomic E-state index is 0.145. The number of hydrogen-bond acceptors (Lipinski definition) is 3. The zero-order chi connectivity index (χ0) is 9.14. The van der Waals surface area contributed by atoms with Crippen LogP contribution in [0.25, 0.3) is 0 Å². The molecule has 1 aromatic heterocycles. The van der Waals surface area contributed by atoms with Gasteiger partial charge in [-0.05, 0) is 17.9 Å². The number of amides is 1. The maximum Gasteiger partial charge on any atom is 0.221 e. The summed E-state index contributed by atoms with van der Waals surface area (Å²) in [5, 5.41) is 13.8. The number of nitrogens with zero attached hydrogens (tertiary/aromatic N) is 1. The standard InChI is InChI=1S/C8H8N2OS/c1-5-4-12-8(7(5)3-9)10-6(2)11/h4H,1-2H3,(H,10,11). The smallest absolute Gasteiger partial charge is 0.221 e. The second-order valence-electron chi connectivity index (χ2n) is 2.42. The van der Waals surface area contributed by atoms with Crippen LogP contribution < -0.4 is 5.32 Å². The molecule has 62 valence electrons. The molecule has 1 rings (SSSR count). The molecule has 1 heterocycles. The number of anilines is 1. The number of carbonyl (C=O) groups excluding carboxylic acids is 1. The van der Waals surface area contributed by atoms with E-state index >= 15 is 0 Å². The van der Waals surface area contributed by atoms with E-state index in [-0.39, 0.29) is 5.91 Å². The second-order valence-corrected chi connectivity index (χ2v) is 3.30. The summed E-state index contributed by atoms with van der Waals surface area (Å²) < 4.78 is 0. The topological polar surface area (TPSA) is 52.9 Å². The lowest BCUT2D eigenvalue weighted by Gasteiger charge is -1.96. The van der Waals surface area contributed by atoms with Crippen LogP contribution >= 0.6 is 11.3 Å². The highest BCUT2D eigenvalue weighted by Gasteiger charge is 2.08. The first-order valence-corrected chi connectivity index (χ1v) is 4.29. The van der Waals surface area contributed by atoms with E-state index in [1.54, 1.807) is 0 Å². The summed E-state index contributed by atoms with van der Waals surface area (Å²) in [4.78, 5) is 10.7. The molecule has 0 radical (unpaired) electrons. The molecule has 4 heteroatoms. The van der Waals surface area contributed by atoms with Gasteiger partial charge in [-0.15, -0.1) is 11.3 Å². The molecule has 0 aliphatic rings. The van der Waals surface area contributed by atoms with Crippen molar-refractivity contribution in [1.82, 2.24) is 0 Å². The quantitative estimate of drug-likeness (QED) is 0.717. The van der Waals surface area contributed by atoms with E-state index in [0.717, 1.165) is 5.56 Å². The first-order chi connectivity index (χ1) is 5.65. The maximum absolute atomic E-state index is 10.7. The maximum atomic E-state index is 10.7. The fourth-order valence-corrected chi connectivity index (χ4v) is 1.77. The average molecular weight is 180 g/mol. The Kier molecular flexibility index (Phi) is 2.46. The van der Waals surface area contributed by atoms with Crippen molar-refractivity contribution in [2.75, 3.05) is 5.32 Å². The first-order valence-electron chi connectivity index (χ1n) is 3.41. The Bertz CT molecular complexity index is 348. The number of rotatable bonds is 1. The molecule has 3 nitrogen and oxygen atoms in total. The van der Waals surface area contributed by atoms with Crippen LogP contribution in [0.4, 0.5) is 5.00 Å². The lowest BCUT2D eigenvalue weighted by Crippen LogP contribution is -2.05. The molecular formula is C8H8N2OS. The number of thiophene rings is 1. The van der Waals surface area contributed by atoms with Gasteiger partial charge in [-0.1, -0.05) is 0 Å². The van der Waals surface area contributed by atoms with Crippen LogP contribution in [-0.4, -0.2) is 5.91 Å². The van der Waals surface area contributed by atoms with E-state index in [1.807, 2.05) is 18.4 Å². The third kappa shape index (κ3) is 1.63. The Morgan fingerprint density at radius 1 is 1.75 bits per heavy atom. The van der Waals surface area contributed by atoms with Gasteiger partial charge in [-0.2, -0.15) is 5.26 Å². The Morgan fingerprint density at radius 2 is 2.42 bits per heavy atom. The largest absolute Gasteiger partial charge is 0.317 e. The van der Waals surface area contributed by atoms with Gasteiger partial charge in [-0.25, -0.2) is 0 Å². The second kappa shape index (κ2) is 3.37. The van der Waals surface area contributed by atoms with Crippen molar-refractivity contribution in [3.63, 3.8) is 0 Å². The summed E-state index contributed by atoms with van der Waals surface area (Å²) >= 11 is 1.37. The fraction of sp³-hybridized carbons (Fsp3) is 0.250. The van der Waals surface area contributed by atoms with Gasteiger partial charge in [0.15, 0.2) is 0 Å². The van der Waals surface area contributed by atoms with Crippen LogP contribution in [0.5, 0.6) is 0 Å². The van der Waals surface area contributed by atoms with Crippen molar-refractivity contribution in [2.24, 2.45) is 0 Å². The molecule has 1 N–H and O–H groups in total. The van der Waals surface area contributed by atoms with E-state index in [4.69, 9.17) is 5.26 Å². The van der Waals surface area contributed by atoms with Gasteiger partial charge < -0.3 is 5.32 Å². The van der Waals surface area contributed by atoms with Gasteiger partial charge in [0.25, 0.3) is 0 Å². The van der Waals surface area contributed by atoms with Crippen molar-refractivity contribution in [3.8, 4) is 6.07 Å². The van der Waals surface area contributed by atoms with Crippen LogP contribution in [0, 0.1) is 18.3 Å². The number of nitrogens with one attached hydrogen (secondary N) is 1. The fourth-order valence-electron chi connectivity index (χ4n) is 0.835. The van der Waals surface area contributed by atoms with E-state index < -0.39 is 0 Å². The van der Waals surface area contributed by atoms with Crippen LogP contribution in [0.15, 0.2) is 5.38 Å². The van der Waals surface area contributed by atoms with E-state index in [1.165, 1.54) is 18.3 Å². The Morgan fingerprint density at radius 3 is 2.92 bits per heavy atom. The van der Waals surface area contributed by atoms with Crippen LogP contribution in [0.3, 0.4) is 0 Å². The summed E-state index contributed by atoms with van der Waals surface area (Å²) in [7, 11) is 0. The third-order valence-electron chi connectivity index (χ3n) is 1.38. The van der Waals surface area contributed by atoms with Gasteiger partial charge in [0.05, 0.1) is 5.56 Å². The van der Waals surface area contributed by atoms with Gasteiger partial charge in [0, 0.05) is 6.92 Å². The van der Waals surface area contributed by atoms with E-state index in [0.29, 0.717) is 10.6 Å². The molecule has 0 aromatic carbocycles. The lowest BCUT2D eigenvalue weighted by atomic mass is 10.2. The average Bonchev–Trinajstić information content (AvgIpc) is 2.30. The van der Waals surface area contributed by atoms with Crippen LogP contribution in [0.1, 0.15) is 18.1 Å².